The largest absolute Gasteiger partial charge is 0.492 e. The van der Waals surface area contributed by atoms with Crippen LogP contribution >= 0.6 is 0 Å². The molecule has 0 aliphatic heterocycles. The Morgan fingerprint density at radius 3 is 2.40 bits per heavy atom. The van der Waals surface area contributed by atoms with E-state index in [-0.39, 0.29) is 41.0 Å². The van der Waals surface area contributed by atoms with E-state index in [1.807, 2.05) is 13.8 Å². The number of fused-ring (bicyclic) bond motifs is 1. The molecule has 0 spiro atoms. The van der Waals surface area contributed by atoms with Crippen molar-refractivity contribution in [2.24, 2.45) is 17.3 Å². The zero-order chi connectivity index (χ0) is 18.6. The Hall–Kier alpha value is -1.42. The number of hydrogen-bond acceptors (Lipinski definition) is 4. The van der Waals surface area contributed by atoms with Gasteiger partial charge in [0.15, 0.2) is 11.5 Å². The van der Waals surface area contributed by atoms with E-state index < -0.39 is 5.60 Å². The molecule has 0 bridgehead atoms. The van der Waals surface area contributed by atoms with Gasteiger partial charge in [0.1, 0.15) is 0 Å². The van der Waals surface area contributed by atoms with Crippen LogP contribution < -0.4 is 0 Å². The Morgan fingerprint density at radius 1 is 1.12 bits per heavy atom. The fourth-order valence-electron chi connectivity index (χ4n) is 5.37. The summed E-state index contributed by atoms with van der Waals surface area (Å²) >= 11 is 0. The lowest BCUT2D eigenvalue weighted by molar-refractivity contribution is -0.121. The van der Waals surface area contributed by atoms with Crippen molar-refractivity contribution in [3.8, 4) is 0 Å². The minimum Gasteiger partial charge on any atom is -0.492 e. The topological polar surface area (TPSA) is 63.6 Å². The Bertz CT molecular complexity index is 680. The van der Waals surface area contributed by atoms with Crippen molar-refractivity contribution in [1.82, 2.24) is 0 Å². The van der Waals surface area contributed by atoms with Crippen LogP contribution in [0.15, 0.2) is 22.5 Å². The molecule has 3 rings (SSSR count). The number of hydrogen-bond donors (Lipinski definition) is 1. The second-order valence-corrected chi connectivity index (χ2v) is 8.93. The Labute approximate surface area is 150 Å². The van der Waals surface area contributed by atoms with Gasteiger partial charge in [0.25, 0.3) is 0 Å². The average molecular weight is 346 g/mol. The van der Waals surface area contributed by atoms with Gasteiger partial charge in [-0.3, -0.25) is 9.59 Å². The van der Waals surface area contributed by atoms with Gasteiger partial charge in [-0.1, -0.05) is 34.1 Å². The van der Waals surface area contributed by atoms with Crippen LogP contribution in [0.25, 0.3) is 0 Å². The number of carbonyl (C=O) groups is 2. The van der Waals surface area contributed by atoms with Crippen LogP contribution in [0.4, 0.5) is 0 Å². The highest BCUT2D eigenvalue weighted by Gasteiger charge is 2.52. The molecule has 0 unspecified atom stereocenters. The molecular formula is C21H30O4. The fraction of sp³-hybridized carbons (Fsp3) is 0.714. The zero-order valence-electron chi connectivity index (χ0n) is 16.1. The molecule has 1 N–H and O–H groups in total. The molecule has 1 saturated carbocycles. The van der Waals surface area contributed by atoms with Crippen LogP contribution in [0, 0.1) is 17.3 Å². The van der Waals surface area contributed by atoms with E-state index in [1.165, 1.54) is 7.11 Å². The van der Waals surface area contributed by atoms with E-state index in [0.717, 1.165) is 19.3 Å². The van der Waals surface area contributed by atoms with Crippen LogP contribution in [-0.4, -0.2) is 29.4 Å². The summed E-state index contributed by atoms with van der Waals surface area (Å²) < 4.78 is 5.34. The van der Waals surface area contributed by atoms with Crippen molar-refractivity contribution in [3.63, 3.8) is 0 Å². The number of allylic oxidation sites excluding steroid dienone is 3. The third-order valence-corrected chi connectivity index (χ3v) is 6.58. The maximum Gasteiger partial charge on any atom is 0.224 e. The van der Waals surface area contributed by atoms with E-state index >= 15 is 0 Å². The summed E-state index contributed by atoms with van der Waals surface area (Å²) in [5.74, 6) is -0.0328. The lowest BCUT2D eigenvalue weighted by atomic mass is 9.59. The number of ketones is 2. The van der Waals surface area contributed by atoms with Crippen molar-refractivity contribution < 1.29 is 19.4 Å². The maximum atomic E-state index is 13.1. The van der Waals surface area contributed by atoms with Crippen LogP contribution in [0.5, 0.6) is 0 Å². The van der Waals surface area contributed by atoms with Crippen LogP contribution in [0.1, 0.15) is 66.2 Å². The van der Waals surface area contributed by atoms with E-state index in [1.54, 1.807) is 0 Å². The lowest BCUT2D eigenvalue weighted by Gasteiger charge is -2.49. The van der Waals surface area contributed by atoms with Gasteiger partial charge in [-0.25, -0.2) is 0 Å². The number of ether oxygens (including phenoxy) is 1. The smallest absolute Gasteiger partial charge is 0.224 e. The summed E-state index contributed by atoms with van der Waals surface area (Å²) in [6, 6.07) is 0. The van der Waals surface area contributed by atoms with Crippen molar-refractivity contribution >= 4 is 11.6 Å². The first-order valence-electron chi connectivity index (χ1n) is 9.44. The first-order chi connectivity index (χ1) is 11.6. The lowest BCUT2D eigenvalue weighted by Crippen LogP contribution is -2.49. The normalized spacial score (nSPS) is 32.5. The van der Waals surface area contributed by atoms with Crippen molar-refractivity contribution in [2.75, 3.05) is 7.11 Å². The van der Waals surface area contributed by atoms with Crippen molar-refractivity contribution in [2.45, 2.75) is 71.8 Å². The van der Waals surface area contributed by atoms with Gasteiger partial charge in [-0.05, 0) is 42.9 Å². The van der Waals surface area contributed by atoms with Gasteiger partial charge in [0.05, 0.1) is 12.7 Å². The van der Waals surface area contributed by atoms with Crippen molar-refractivity contribution in [1.29, 1.82) is 0 Å². The molecule has 0 aromatic carbocycles. The fourth-order valence-corrected chi connectivity index (χ4v) is 5.37. The van der Waals surface area contributed by atoms with Gasteiger partial charge in [-0.2, -0.15) is 0 Å². The highest BCUT2D eigenvalue weighted by Crippen LogP contribution is 2.53. The number of Topliss-reactive ketones (excluding diaryl/α,β-unsaturated/α-hetero) is 2. The molecule has 3 aliphatic rings. The summed E-state index contributed by atoms with van der Waals surface area (Å²) in [5.41, 5.74) is 0.721. The number of rotatable bonds is 2. The number of methoxy groups -OCH3 is 1. The van der Waals surface area contributed by atoms with Crippen LogP contribution in [0.2, 0.25) is 0 Å². The molecule has 25 heavy (non-hydrogen) atoms. The van der Waals surface area contributed by atoms with E-state index in [9.17, 15) is 14.7 Å². The summed E-state index contributed by atoms with van der Waals surface area (Å²) in [5, 5.41) is 11.4. The zero-order valence-corrected chi connectivity index (χ0v) is 16.1. The molecule has 0 heterocycles. The van der Waals surface area contributed by atoms with Crippen LogP contribution in [-0.2, 0) is 14.3 Å². The van der Waals surface area contributed by atoms with E-state index in [4.69, 9.17) is 4.74 Å². The monoisotopic (exact) mass is 346 g/mol. The molecule has 0 aromatic rings. The first-order valence-corrected chi connectivity index (χ1v) is 9.44. The first kappa shape index (κ1) is 18.4. The minimum absolute atomic E-state index is 0.0199. The third kappa shape index (κ3) is 2.79. The van der Waals surface area contributed by atoms with Gasteiger partial charge >= 0.3 is 0 Å². The molecule has 0 amide bonds. The second-order valence-electron chi connectivity index (χ2n) is 8.93. The summed E-state index contributed by atoms with van der Waals surface area (Å²) in [6.45, 7) is 8.23. The standard InChI is InChI=1S/C21H30O4/c1-12(2)16-17(22)13-7-8-15-20(3,4)9-6-10-21(15,24)11-14(13)18(23)19(16)25-5/h12,15,24H,6-11H2,1-5H3/t15-,21-/m0/s1. The molecule has 4 heteroatoms. The minimum atomic E-state index is -0.900. The summed E-state index contributed by atoms with van der Waals surface area (Å²) in [6.07, 6.45) is 4.33. The Morgan fingerprint density at radius 2 is 1.80 bits per heavy atom. The maximum absolute atomic E-state index is 13.1. The van der Waals surface area contributed by atoms with Gasteiger partial charge < -0.3 is 9.84 Å². The SMILES string of the molecule is COC1=C(C(C)C)C(=O)C2=C(C[C@@]3(O)CCCC(C)(C)[C@@H]3CC2)C1=O. The highest BCUT2D eigenvalue weighted by atomic mass is 16.5. The Balaban J connectivity index is 2.06. The molecule has 4 nitrogen and oxygen atoms in total. The Kier molecular flexibility index (Phi) is 4.47. The molecule has 138 valence electrons. The predicted octanol–water partition coefficient (Wildman–Crippen LogP) is 3.73. The van der Waals surface area contributed by atoms with Crippen LogP contribution in [0.3, 0.4) is 0 Å². The van der Waals surface area contributed by atoms with Gasteiger partial charge in [0.2, 0.25) is 5.78 Å². The van der Waals surface area contributed by atoms with E-state index in [0.29, 0.717) is 29.6 Å². The molecule has 0 saturated heterocycles. The predicted molar refractivity (Wildman–Crippen MR) is 95.8 cm³/mol. The average Bonchev–Trinajstić information content (AvgIpc) is 2.67. The summed E-state index contributed by atoms with van der Waals surface area (Å²) in [4.78, 5) is 26.2. The molecule has 1 fully saturated rings. The molecule has 0 aromatic heterocycles. The van der Waals surface area contributed by atoms with E-state index in [2.05, 4.69) is 13.8 Å². The van der Waals surface area contributed by atoms with Gasteiger partial charge in [-0.15, -0.1) is 0 Å². The molecule has 2 atom stereocenters. The van der Waals surface area contributed by atoms with Gasteiger partial charge in [0, 0.05) is 23.1 Å². The highest BCUT2D eigenvalue weighted by molar-refractivity contribution is 6.24. The molecule has 0 radical (unpaired) electrons. The third-order valence-electron chi connectivity index (χ3n) is 6.58. The molecular weight excluding hydrogens is 316 g/mol. The molecule has 3 aliphatic carbocycles. The summed E-state index contributed by atoms with van der Waals surface area (Å²) in [7, 11) is 1.45. The second kappa shape index (κ2) is 6.08. The van der Waals surface area contributed by atoms with Crippen molar-refractivity contribution in [3.05, 3.63) is 22.5 Å². The quantitative estimate of drug-likeness (QED) is 0.774. The number of aliphatic hydroxyl groups is 1. The number of carbonyl (C=O) groups excluding carboxylic acids is 2.